The Balaban J connectivity index is 3.14. The molecule has 6 nitrogen and oxygen atoms in total. The molecule has 5 N–H and O–H groups in total. The molecule has 1 atom stereocenters. The highest BCUT2D eigenvalue weighted by Gasteiger charge is 2.25. The number of aromatic nitrogens is 2. The number of nitrogens with one attached hydrogen (secondary N) is 2. The molecule has 0 fully saturated rings. The van der Waals surface area contributed by atoms with Crippen molar-refractivity contribution >= 4 is 11.6 Å². The molecule has 1 aromatic rings. The minimum atomic E-state index is -0.509. The summed E-state index contributed by atoms with van der Waals surface area (Å²) in [7, 11) is 0. The van der Waals surface area contributed by atoms with Crippen LogP contribution < -0.4 is 16.6 Å². The van der Waals surface area contributed by atoms with Gasteiger partial charge in [0.15, 0.2) is 0 Å². The summed E-state index contributed by atoms with van der Waals surface area (Å²) in [6, 6.07) is 0. The van der Waals surface area contributed by atoms with E-state index in [-0.39, 0.29) is 0 Å². The first-order chi connectivity index (χ1) is 8.81. The maximum Gasteiger partial charge on any atom is 0.148 e. The van der Waals surface area contributed by atoms with E-state index in [0.717, 1.165) is 24.2 Å². The van der Waals surface area contributed by atoms with Crippen LogP contribution in [-0.2, 0) is 6.42 Å². The van der Waals surface area contributed by atoms with Gasteiger partial charge in [-0.25, -0.2) is 15.8 Å². The summed E-state index contributed by atoms with van der Waals surface area (Å²) in [5, 5.41) is 13.0. The second-order valence-electron chi connectivity index (χ2n) is 5.38. The number of hydrazine groups is 1. The highest BCUT2D eigenvalue weighted by Crippen LogP contribution is 2.24. The Bertz CT molecular complexity index is 431. The lowest BCUT2D eigenvalue weighted by molar-refractivity contribution is 0.133. The quantitative estimate of drug-likeness (QED) is 0.462. The van der Waals surface area contributed by atoms with E-state index in [0.29, 0.717) is 11.6 Å². The standard InChI is InChI=1S/C13H25N5O/c1-6-7-10-15-11(8(2)12(16-10)18-14)17-13(4,5)9(3)19/h9,19H,6-7,14H2,1-5H3,(H2,15,16,17,18). The maximum absolute atomic E-state index is 9.79. The summed E-state index contributed by atoms with van der Waals surface area (Å²) in [5.74, 6) is 7.55. The maximum atomic E-state index is 9.79. The number of nitrogen functional groups attached to an aromatic ring is 1. The van der Waals surface area contributed by atoms with Gasteiger partial charge in [0.2, 0.25) is 0 Å². The van der Waals surface area contributed by atoms with Crippen molar-refractivity contribution < 1.29 is 5.11 Å². The van der Waals surface area contributed by atoms with Gasteiger partial charge in [0.05, 0.1) is 11.6 Å². The van der Waals surface area contributed by atoms with Gasteiger partial charge in [-0.05, 0) is 34.1 Å². The Labute approximate surface area is 114 Å². The highest BCUT2D eigenvalue weighted by molar-refractivity contribution is 5.57. The van der Waals surface area contributed by atoms with Gasteiger partial charge in [0.1, 0.15) is 17.5 Å². The largest absolute Gasteiger partial charge is 0.391 e. The van der Waals surface area contributed by atoms with Crippen LogP contribution in [0, 0.1) is 6.92 Å². The van der Waals surface area contributed by atoms with Crippen LogP contribution in [0.3, 0.4) is 0 Å². The monoisotopic (exact) mass is 267 g/mol. The third-order valence-corrected chi connectivity index (χ3v) is 3.29. The molecule has 0 aromatic carbocycles. The van der Waals surface area contributed by atoms with Crippen LogP contribution in [-0.4, -0.2) is 26.7 Å². The molecule has 0 spiro atoms. The Morgan fingerprint density at radius 1 is 1.32 bits per heavy atom. The molecule has 6 heteroatoms. The van der Waals surface area contributed by atoms with Crippen LogP contribution in [0.5, 0.6) is 0 Å². The number of nitrogens with zero attached hydrogens (tertiary/aromatic N) is 2. The van der Waals surface area contributed by atoms with E-state index in [1.165, 1.54) is 0 Å². The van der Waals surface area contributed by atoms with Gasteiger partial charge in [-0.3, -0.25) is 0 Å². The third-order valence-electron chi connectivity index (χ3n) is 3.29. The summed E-state index contributed by atoms with van der Waals surface area (Å²) < 4.78 is 0. The van der Waals surface area contributed by atoms with E-state index in [9.17, 15) is 5.11 Å². The van der Waals surface area contributed by atoms with Crippen LogP contribution in [0.4, 0.5) is 11.6 Å². The van der Waals surface area contributed by atoms with E-state index in [4.69, 9.17) is 5.84 Å². The molecule has 1 heterocycles. The SMILES string of the molecule is CCCc1nc(NN)c(C)c(NC(C)(C)C(C)O)n1. The van der Waals surface area contributed by atoms with E-state index >= 15 is 0 Å². The van der Waals surface area contributed by atoms with Gasteiger partial charge >= 0.3 is 0 Å². The van der Waals surface area contributed by atoms with Gasteiger partial charge < -0.3 is 15.8 Å². The van der Waals surface area contributed by atoms with Crippen molar-refractivity contribution in [2.45, 2.75) is 59.1 Å². The Hall–Kier alpha value is -1.40. The van der Waals surface area contributed by atoms with Crippen molar-refractivity contribution in [1.82, 2.24) is 9.97 Å². The summed E-state index contributed by atoms with van der Waals surface area (Å²) in [6.07, 6.45) is 1.25. The van der Waals surface area contributed by atoms with Crippen LogP contribution in [0.25, 0.3) is 0 Å². The molecule has 0 amide bonds. The first-order valence-electron chi connectivity index (χ1n) is 6.62. The molecule has 0 aliphatic rings. The fourth-order valence-electron chi connectivity index (χ4n) is 1.57. The number of anilines is 2. The lowest BCUT2D eigenvalue weighted by Gasteiger charge is -2.31. The van der Waals surface area contributed by atoms with E-state index in [1.54, 1.807) is 6.92 Å². The normalized spacial score (nSPS) is 13.2. The summed E-state index contributed by atoms with van der Waals surface area (Å²) in [6.45, 7) is 9.57. The summed E-state index contributed by atoms with van der Waals surface area (Å²) >= 11 is 0. The molecular weight excluding hydrogens is 242 g/mol. The molecule has 1 unspecified atom stereocenters. The van der Waals surface area contributed by atoms with E-state index in [1.807, 2.05) is 20.8 Å². The number of hydrogen-bond donors (Lipinski definition) is 4. The van der Waals surface area contributed by atoms with Crippen molar-refractivity contribution in [3.63, 3.8) is 0 Å². The Morgan fingerprint density at radius 2 is 1.89 bits per heavy atom. The highest BCUT2D eigenvalue weighted by atomic mass is 16.3. The number of nitrogens with two attached hydrogens (primary N) is 1. The molecule has 108 valence electrons. The van der Waals surface area contributed by atoms with Crippen molar-refractivity contribution in [2.24, 2.45) is 5.84 Å². The topological polar surface area (TPSA) is 96.1 Å². The zero-order chi connectivity index (χ0) is 14.6. The molecule has 0 aliphatic carbocycles. The zero-order valence-electron chi connectivity index (χ0n) is 12.4. The smallest absolute Gasteiger partial charge is 0.148 e. The molecule has 19 heavy (non-hydrogen) atoms. The predicted molar refractivity (Wildman–Crippen MR) is 78.0 cm³/mol. The minimum Gasteiger partial charge on any atom is -0.391 e. The lowest BCUT2D eigenvalue weighted by Crippen LogP contribution is -2.42. The first-order valence-corrected chi connectivity index (χ1v) is 6.62. The number of aryl methyl sites for hydroxylation is 1. The molecule has 0 bridgehead atoms. The van der Waals surface area contributed by atoms with E-state index < -0.39 is 11.6 Å². The average molecular weight is 267 g/mol. The van der Waals surface area contributed by atoms with Crippen molar-refractivity contribution in [2.75, 3.05) is 10.7 Å². The van der Waals surface area contributed by atoms with Crippen molar-refractivity contribution in [3.8, 4) is 0 Å². The molecule has 1 aromatic heterocycles. The van der Waals surface area contributed by atoms with Crippen LogP contribution >= 0.6 is 0 Å². The fourth-order valence-corrected chi connectivity index (χ4v) is 1.57. The molecular formula is C13H25N5O. The predicted octanol–water partition coefficient (Wildman–Crippen LogP) is 1.59. The molecule has 0 radical (unpaired) electrons. The Morgan fingerprint density at radius 3 is 2.37 bits per heavy atom. The van der Waals surface area contributed by atoms with Crippen molar-refractivity contribution in [1.29, 1.82) is 0 Å². The zero-order valence-corrected chi connectivity index (χ0v) is 12.4. The number of hydrogen-bond acceptors (Lipinski definition) is 6. The molecule has 0 saturated carbocycles. The number of aliphatic hydroxyl groups is 1. The van der Waals surface area contributed by atoms with Crippen LogP contribution in [0.15, 0.2) is 0 Å². The van der Waals surface area contributed by atoms with Gasteiger partial charge in [0, 0.05) is 12.0 Å². The summed E-state index contributed by atoms with van der Waals surface area (Å²) in [4.78, 5) is 8.88. The van der Waals surface area contributed by atoms with Gasteiger partial charge in [-0.2, -0.15) is 0 Å². The molecule has 0 saturated heterocycles. The Kier molecular flexibility index (Phi) is 5.08. The fraction of sp³-hybridized carbons (Fsp3) is 0.692. The first kappa shape index (κ1) is 15.7. The second-order valence-corrected chi connectivity index (χ2v) is 5.38. The third kappa shape index (κ3) is 3.78. The van der Waals surface area contributed by atoms with Gasteiger partial charge in [0.25, 0.3) is 0 Å². The molecule has 1 rings (SSSR count). The van der Waals surface area contributed by atoms with Gasteiger partial charge in [-0.15, -0.1) is 0 Å². The van der Waals surface area contributed by atoms with Crippen LogP contribution in [0.1, 0.15) is 45.5 Å². The second kappa shape index (κ2) is 6.16. The number of aliphatic hydroxyl groups excluding tert-OH is 1. The van der Waals surface area contributed by atoms with Crippen LogP contribution in [0.2, 0.25) is 0 Å². The average Bonchev–Trinajstić information content (AvgIpc) is 2.32. The lowest BCUT2D eigenvalue weighted by atomic mass is 9.98. The van der Waals surface area contributed by atoms with Crippen molar-refractivity contribution in [3.05, 3.63) is 11.4 Å². The van der Waals surface area contributed by atoms with E-state index in [2.05, 4.69) is 27.6 Å². The molecule has 0 aliphatic heterocycles. The summed E-state index contributed by atoms with van der Waals surface area (Å²) in [5.41, 5.74) is 2.96. The van der Waals surface area contributed by atoms with Gasteiger partial charge in [-0.1, -0.05) is 6.92 Å². The number of rotatable bonds is 6. The minimum absolute atomic E-state index is 0.478.